The zero-order valence-electron chi connectivity index (χ0n) is 46.9. The highest BCUT2D eigenvalue weighted by molar-refractivity contribution is 6.05. The Morgan fingerprint density at radius 3 is 0.812 bits per heavy atom. The number of carbonyl (C=O) groups excluding carboxylic acids is 6. The summed E-state index contributed by atoms with van der Waals surface area (Å²) in [7, 11) is 2.86. The van der Waals surface area contributed by atoms with Gasteiger partial charge in [0, 0.05) is 42.4 Å². The van der Waals surface area contributed by atoms with Crippen LogP contribution in [0.3, 0.4) is 0 Å². The van der Waals surface area contributed by atoms with E-state index in [-0.39, 0.29) is 92.0 Å². The highest BCUT2D eigenvalue weighted by Crippen LogP contribution is 2.34. The van der Waals surface area contributed by atoms with Gasteiger partial charge in [-0.1, -0.05) is 0 Å². The predicted molar refractivity (Wildman–Crippen MR) is 305 cm³/mol. The summed E-state index contributed by atoms with van der Waals surface area (Å²) in [6.07, 6.45) is 14.0. The van der Waals surface area contributed by atoms with Crippen LogP contribution in [0, 0.1) is 0 Å². The van der Waals surface area contributed by atoms with Crippen LogP contribution in [-0.2, 0) is 0 Å². The van der Waals surface area contributed by atoms with Crippen molar-refractivity contribution < 1.29 is 57.2 Å². The maximum absolute atomic E-state index is 14.0. The van der Waals surface area contributed by atoms with Crippen molar-refractivity contribution in [2.75, 3.05) is 66.8 Å². The third-order valence-corrected chi connectivity index (χ3v) is 14.4. The van der Waals surface area contributed by atoms with Crippen LogP contribution >= 0.6 is 0 Å². The standard InChI is InChI=1S/C58H88N10O12/c1-75-47-34-48(76-2)44(56(72)66-38-17-21-40(22-18-38)68-58(74)46-32-42(54(64)70)50(78-28-12-4-8-24-60)36-52(46)80-30-14-6-10-26-62)33-43(47)55(71)65-37-15-19-39(20-16-37)67-57(73)45-31-41(53(63)69)49(77-27-11-3-7-23-59)35-51(45)79-29-13-5-9-25-61/h31-40H,3-30,59-62H2,1-2H3,(H2,63,69)(H2,64,70)(H,65,71)(H,66,72)(H,67,73)(H,68,74)/t37-,38-,39+,40+. The fourth-order valence-electron chi connectivity index (χ4n) is 9.83. The lowest BCUT2D eigenvalue weighted by Crippen LogP contribution is -2.44. The fourth-order valence-corrected chi connectivity index (χ4v) is 9.83. The van der Waals surface area contributed by atoms with E-state index in [0.29, 0.717) is 117 Å². The fraction of sp³-hybridized carbons (Fsp3) is 0.586. The van der Waals surface area contributed by atoms with Gasteiger partial charge in [-0.05, 0) is 173 Å². The molecule has 22 heteroatoms. The summed E-state index contributed by atoms with van der Waals surface area (Å²) in [6, 6.07) is 7.94. The molecule has 2 fully saturated rings. The van der Waals surface area contributed by atoms with E-state index in [1.165, 1.54) is 38.5 Å². The highest BCUT2D eigenvalue weighted by atomic mass is 16.5. The van der Waals surface area contributed by atoms with Gasteiger partial charge in [-0.2, -0.15) is 0 Å². The van der Waals surface area contributed by atoms with Gasteiger partial charge >= 0.3 is 0 Å². The van der Waals surface area contributed by atoms with Gasteiger partial charge in [-0.3, -0.25) is 28.8 Å². The second-order valence-corrected chi connectivity index (χ2v) is 20.5. The summed E-state index contributed by atoms with van der Waals surface area (Å²) in [6.45, 7) is 3.59. The molecule has 442 valence electrons. The van der Waals surface area contributed by atoms with Crippen LogP contribution in [0.15, 0.2) is 36.4 Å². The zero-order chi connectivity index (χ0) is 57.8. The number of ether oxygens (including phenoxy) is 6. The van der Waals surface area contributed by atoms with Gasteiger partial charge in [0.05, 0.1) is 74.0 Å². The Morgan fingerprint density at radius 1 is 0.350 bits per heavy atom. The van der Waals surface area contributed by atoms with E-state index in [0.717, 1.165) is 64.2 Å². The third-order valence-electron chi connectivity index (χ3n) is 14.4. The number of nitrogens with two attached hydrogens (primary N) is 6. The molecular formula is C58H88N10O12. The van der Waals surface area contributed by atoms with E-state index in [1.54, 1.807) is 12.1 Å². The molecule has 5 rings (SSSR count). The second kappa shape index (κ2) is 34.3. The molecule has 16 N–H and O–H groups in total. The average molecular weight is 1120 g/mol. The summed E-state index contributed by atoms with van der Waals surface area (Å²) in [5.41, 5.74) is 34.9. The highest BCUT2D eigenvalue weighted by Gasteiger charge is 2.31. The number of benzene rings is 3. The van der Waals surface area contributed by atoms with Crippen LogP contribution in [0.5, 0.6) is 34.5 Å². The summed E-state index contributed by atoms with van der Waals surface area (Å²) >= 11 is 0. The number of primary amides is 2. The molecule has 0 bridgehead atoms. The van der Waals surface area contributed by atoms with Gasteiger partial charge in [0.2, 0.25) is 0 Å². The van der Waals surface area contributed by atoms with Crippen molar-refractivity contribution in [3.05, 3.63) is 69.8 Å². The van der Waals surface area contributed by atoms with Crippen molar-refractivity contribution in [2.24, 2.45) is 34.4 Å². The van der Waals surface area contributed by atoms with Gasteiger partial charge in [-0.25, -0.2) is 0 Å². The minimum absolute atomic E-state index is 0.0702. The van der Waals surface area contributed by atoms with Crippen molar-refractivity contribution in [3.63, 3.8) is 0 Å². The molecule has 0 spiro atoms. The predicted octanol–water partition coefficient (Wildman–Crippen LogP) is 4.87. The minimum atomic E-state index is -0.740. The zero-order valence-corrected chi connectivity index (χ0v) is 46.9. The molecule has 0 saturated heterocycles. The first-order valence-electron chi connectivity index (χ1n) is 28.5. The number of rotatable bonds is 36. The molecule has 0 unspecified atom stereocenters. The number of nitrogens with one attached hydrogen (secondary N) is 4. The maximum Gasteiger partial charge on any atom is 0.255 e. The molecule has 0 aromatic heterocycles. The van der Waals surface area contributed by atoms with E-state index < -0.39 is 35.4 Å². The smallest absolute Gasteiger partial charge is 0.255 e. The SMILES string of the molecule is COc1cc(OC)c(C(=O)N[C@H]2CC[C@@H](NC(=O)c3cc(C(N)=O)c(OCCCCCN)cc3OCCCCCN)CC2)cc1C(=O)N[C@H]1CC[C@@H](NC(=O)c2cc(C(N)=O)c(OCCCCCN)cc2OCCCCCN)CC1. The number of hydrogen-bond donors (Lipinski definition) is 10. The average Bonchev–Trinajstić information content (AvgIpc) is 3.45. The topological polar surface area (TPSA) is 362 Å². The second-order valence-electron chi connectivity index (χ2n) is 20.5. The Labute approximate surface area is 470 Å². The van der Waals surface area contributed by atoms with Crippen molar-refractivity contribution in [2.45, 2.75) is 153 Å². The van der Waals surface area contributed by atoms with Crippen molar-refractivity contribution >= 4 is 35.4 Å². The molecule has 0 heterocycles. The van der Waals surface area contributed by atoms with E-state index in [9.17, 15) is 28.8 Å². The Balaban J connectivity index is 1.19. The molecule has 80 heavy (non-hydrogen) atoms. The minimum Gasteiger partial charge on any atom is -0.496 e. The Kier molecular flexibility index (Phi) is 27.4. The lowest BCUT2D eigenvalue weighted by molar-refractivity contribution is 0.0883. The quantitative estimate of drug-likeness (QED) is 0.0347. The van der Waals surface area contributed by atoms with E-state index >= 15 is 0 Å². The van der Waals surface area contributed by atoms with E-state index in [4.69, 9.17) is 62.8 Å². The summed E-state index contributed by atoms with van der Waals surface area (Å²) in [5.74, 6) is -1.77. The lowest BCUT2D eigenvalue weighted by atomic mass is 9.90. The first-order valence-corrected chi connectivity index (χ1v) is 28.5. The van der Waals surface area contributed by atoms with E-state index in [2.05, 4.69) is 21.3 Å². The van der Waals surface area contributed by atoms with Crippen LogP contribution in [0.2, 0.25) is 0 Å². The summed E-state index contributed by atoms with van der Waals surface area (Å²) in [5, 5.41) is 12.4. The molecule has 2 aliphatic carbocycles. The third kappa shape index (κ3) is 19.7. The number of unbranched alkanes of at least 4 members (excludes halogenated alkanes) is 8. The first-order chi connectivity index (χ1) is 38.7. The van der Waals surface area contributed by atoms with Crippen LogP contribution in [-0.4, -0.2) is 126 Å². The molecule has 3 aromatic rings. The maximum atomic E-state index is 14.0. The van der Waals surface area contributed by atoms with Gasteiger partial charge < -0.3 is 84.1 Å². The number of hydrogen-bond acceptors (Lipinski definition) is 16. The molecule has 0 aliphatic heterocycles. The van der Waals surface area contributed by atoms with Crippen molar-refractivity contribution in [1.82, 2.24) is 21.3 Å². The molecule has 2 aliphatic rings. The molecular weight excluding hydrogens is 1030 g/mol. The molecule has 2 saturated carbocycles. The Bertz CT molecular complexity index is 2330. The number of amides is 6. The monoisotopic (exact) mass is 1120 g/mol. The number of methoxy groups -OCH3 is 2. The van der Waals surface area contributed by atoms with Crippen LogP contribution in [0.1, 0.15) is 191 Å². The van der Waals surface area contributed by atoms with Gasteiger partial charge in [-0.15, -0.1) is 0 Å². The molecule has 6 amide bonds. The molecule has 22 nitrogen and oxygen atoms in total. The van der Waals surface area contributed by atoms with Crippen LogP contribution in [0.4, 0.5) is 0 Å². The summed E-state index contributed by atoms with van der Waals surface area (Å²) < 4.78 is 35.4. The molecule has 3 aromatic carbocycles. The lowest BCUT2D eigenvalue weighted by Gasteiger charge is -2.30. The van der Waals surface area contributed by atoms with E-state index in [1.807, 2.05) is 0 Å². The van der Waals surface area contributed by atoms with Crippen molar-refractivity contribution in [3.8, 4) is 34.5 Å². The van der Waals surface area contributed by atoms with Crippen LogP contribution in [0.25, 0.3) is 0 Å². The Hall–Kier alpha value is -6.88. The van der Waals surface area contributed by atoms with Crippen LogP contribution < -0.4 is 84.1 Å². The summed E-state index contributed by atoms with van der Waals surface area (Å²) in [4.78, 5) is 81.1. The Morgan fingerprint density at radius 2 is 0.575 bits per heavy atom. The largest absolute Gasteiger partial charge is 0.496 e. The van der Waals surface area contributed by atoms with Gasteiger partial charge in [0.25, 0.3) is 35.4 Å². The molecule has 0 radical (unpaired) electrons. The molecule has 0 atom stereocenters. The van der Waals surface area contributed by atoms with Crippen molar-refractivity contribution in [1.29, 1.82) is 0 Å². The normalized spacial score (nSPS) is 16.9. The van der Waals surface area contributed by atoms with Gasteiger partial charge in [0.1, 0.15) is 34.5 Å². The first kappa shape index (κ1) is 63.9. The van der Waals surface area contributed by atoms with Gasteiger partial charge in [0.15, 0.2) is 0 Å². The number of carbonyl (C=O) groups is 6.